The molecular weight excluding hydrogens is 469 g/mol. The molecule has 2 atom stereocenters. The van der Waals surface area contributed by atoms with Crippen molar-refractivity contribution in [3.05, 3.63) is 71.2 Å². The van der Waals surface area contributed by atoms with E-state index < -0.39 is 23.8 Å². The quantitative estimate of drug-likeness (QED) is 0.486. The molecule has 2 aromatic carbocycles. The first-order valence-electron chi connectivity index (χ1n) is 12.1. The molecule has 1 saturated heterocycles. The zero-order valence-electron chi connectivity index (χ0n) is 19.9. The van der Waals surface area contributed by atoms with Crippen molar-refractivity contribution in [2.45, 2.75) is 32.2 Å². The van der Waals surface area contributed by atoms with E-state index in [1.54, 1.807) is 13.1 Å². The largest absolute Gasteiger partial charge is 0.381 e. The van der Waals surface area contributed by atoms with Gasteiger partial charge in [0, 0.05) is 30.6 Å². The Bertz CT molecular complexity index is 1310. The molecule has 3 aromatic rings. The first-order chi connectivity index (χ1) is 17.4. The number of hydrogen-bond acceptors (Lipinski definition) is 5. The van der Waals surface area contributed by atoms with Gasteiger partial charge in [-0.1, -0.05) is 30.3 Å². The summed E-state index contributed by atoms with van der Waals surface area (Å²) in [5.41, 5.74) is 2.97. The molecule has 0 spiro atoms. The Hall–Kier alpha value is -3.46. The SMILES string of the molecule is C[C@@H](Nc1cnnc2ccc(C3=CCN(C(=O)C4CCOC4)CC3)cc12)c1cccc(C(F)F)c1F. The van der Waals surface area contributed by atoms with Crippen molar-refractivity contribution in [2.75, 3.05) is 31.6 Å². The van der Waals surface area contributed by atoms with E-state index in [9.17, 15) is 18.0 Å². The van der Waals surface area contributed by atoms with E-state index in [2.05, 4.69) is 21.6 Å². The number of hydrogen-bond donors (Lipinski definition) is 1. The Morgan fingerprint density at radius 3 is 2.78 bits per heavy atom. The monoisotopic (exact) mass is 496 g/mol. The molecule has 0 radical (unpaired) electrons. The lowest BCUT2D eigenvalue weighted by Crippen LogP contribution is -2.39. The number of nitrogens with one attached hydrogen (secondary N) is 1. The minimum absolute atomic E-state index is 0.0407. The number of amides is 1. The lowest BCUT2D eigenvalue weighted by atomic mass is 9.96. The van der Waals surface area contributed by atoms with Crippen LogP contribution in [0.1, 0.15) is 48.9 Å². The molecule has 1 fully saturated rings. The third-order valence-electron chi connectivity index (χ3n) is 6.94. The maximum absolute atomic E-state index is 14.7. The molecule has 2 aliphatic rings. The van der Waals surface area contributed by atoms with Gasteiger partial charge < -0.3 is 15.0 Å². The van der Waals surface area contributed by atoms with Gasteiger partial charge in [0.1, 0.15) is 5.82 Å². The number of benzene rings is 2. The van der Waals surface area contributed by atoms with Crippen molar-refractivity contribution in [3.63, 3.8) is 0 Å². The fourth-order valence-electron chi connectivity index (χ4n) is 4.87. The fraction of sp³-hybridized carbons (Fsp3) is 0.370. The minimum atomic E-state index is -2.88. The van der Waals surface area contributed by atoms with Crippen molar-refractivity contribution in [1.82, 2.24) is 15.1 Å². The number of rotatable bonds is 6. The van der Waals surface area contributed by atoms with Crippen molar-refractivity contribution in [3.8, 4) is 0 Å². The van der Waals surface area contributed by atoms with Crippen LogP contribution in [-0.4, -0.2) is 47.3 Å². The summed E-state index contributed by atoms with van der Waals surface area (Å²) in [6.07, 6.45) is 2.26. The number of aromatic nitrogens is 2. The van der Waals surface area contributed by atoms with Crippen LogP contribution < -0.4 is 5.32 Å². The van der Waals surface area contributed by atoms with Crippen LogP contribution in [0, 0.1) is 11.7 Å². The van der Waals surface area contributed by atoms with Gasteiger partial charge in [-0.15, -0.1) is 0 Å². The Kier molecular flexibility index (Phi) is 6.91. The maximum atomic E-state index is 14.7. The van der Waals surface area contributed by atoms with Gasteiger partial charge in [-0.25, -0.2) is 13.2 Å². The van der Waals surface area contributed by atoms with E-state index in [1.165, 1.54) is 12.1 Å². The maximum Gasteiger partial charge on any atom is 0.266 e. The van der Waals surface area contributed by atoms with Crippen molar-refractivity contribution < 1.29 is 22.7 Å². The van der Waals surface area contributed by atoms with Crippen LogP contribution >= 0.6 is 0 Å². The zero-order valence-corrected chi connectivity index (χ0v) is 19.9. The van der Waals surface area contributed by atoms with E-state index in [1.807, 2.05) is 23.1 Å². The van der Waals surface area contributed by atoms with E-state index in [0.29, 0.717) is 37.5 Å². The lowest BCUT2D eigenvalue weighted by molar-refractivity contribution is -0.135. The third-order valence-corrected chi connectivity index (χ3v) is 6.94. The van der Waals surface area contributed by atoms with Crippen LogP contribution in [0.4, 0.5) is 18.9 Å². The first-order valence-corrected chi connectivity index (χ1v) is 12.1. The first kappa shape index (κ1) is 24.2. The summed E-state index contributed by atoms with van der Waals surface area (Å²) < 4.78 is 46.4. The van der Waals surface area contributed by atoms with Gasteiger partial charge in [0.05, 0.1) is 41.5 Å². The molecule has 9 heteroatoms. The standard InChI is InChI=1S/C27H27F3N4O2/c1-16(20-3-2-4-21(25(20)28)26(29)30)32-24-14-31-33-23-6-5-18(13-22(23)24)17-7-10-34(11-8-17)27(35)19-9-12-36-15-19/h2-7,13-14,16,19,26H,8-12,15H2,1H3,(H,32,33)/t16-,19?/m1/s1. The number of alkyl halides is 2. The number of carbonyl (C=O) groups is 1. The summed E-state index contributed by atoms with van der Waals surface area (Å²) in [5, 5.41) is 12.3. The molecule has 1 unspecified atom stereocenters. The van der Waals surface area contributed by atoms with Crippen molar-refractivity contribution >= 4 is 28.1 Å². The van der Waals surface area contributed by atoms with E-state index >= 15 is 0 Å². The number of fused-ring (bicyclic) bond motifs is 1. The van der Waals surface area contributed by atoms with Crippen LogP contribution in [0.15, 0.2) is 48.7 Å². The molecule has 1 aromatic heterocycles. The average Bonchev–Trinajstić information content (AvgIpc) is 3.43. The molecule has 36 heavy (non-hydrogen) atoms. The van der Waals surface area contributed by atoms with Crippen LogP contribution in [0.2, 0.25) is 0 Å². The highest BCUT2D eigenvalue weighted by atomic mass is 19.3. The molecule has 6 nitrogen and oxygen atoms in total. The van der Waals surface area contributed by atoms with Crippen LogP contribution in [0.5, 0.6) is 0 Å². The molecule has 188 valence electrons. The zero-order chi connectivity index (χ0) is 25.2. The van der Waals surface area contributed by atoms with Gasteiger partial charge in [0.15, 0.2) is 0 Å². The lowest BCUT2D eigenvalue weighted by Gasteiger charge is -2.28. The summed E-state index contributed by atoms with van der Waals surface area (Å²) in [7, 11) is 0. The summed E-state index contributed by atoms with van der Waals surface area (Å²) in [6.45, 7) is 4.07. The van der Waals surface area contributed by atoms with E-state index in [0.717, 1.165) is 35.4 Å². The summed E-state index contributed by atoms with van der Waals surface area (Å²) in [6, 6.07) is 9.30. The highest BCUT2D eigenvalue weighted by Gasteiger charge is 2.29. The Morgan fingerprint density at radius 1 is 1.22 bits per heavy atom. The summed E-state index contributed by atoms with van der Waals surface area (Å²) in [4.78, 5) is 14.6. The molecule has 0 aliphatic carbocycles. The predicted molar refractivity (Wildman–Crippen MR) is 131 cm³/mol. The topological polar surface area (TPSA) is 67.4 Å². The van der Waals surface area contributed by atoms with Gasteiger partial charge in [-0.3, -0.25) is 4.79 Å². The fourth-order valence-corrected chi connectivity index (χ4v) is 4.87. The highest BCUT2D eigenvalue weighted by Crippen LogP contribution is 2.32. The van der Waals surface area contributed by atoms with Crippen LogP contribution in [-0.2, 0) is 9.53 Å². The molecular formula is C27H27F3N4O2. The number of ether oxygens (including phenoxy) is 1. The van der Waals surface area contributed by atoms with E-state index in [-0.39, 0.29) is 17.4 Å². The molecule has 3 heterocycles. The third kappa shape index (κ3) is 4.80. The van der Waals surface area contributed by atoms with E-state index in [4.69, 9.17) is 4.74 Å². The van der Waals surface area contributed by atoms with Gasteiger partial charge in [-0.2, -0.15) is 10.2 Å². The normalized spacial score (nSPS) is 19.0. The van der Waals surface area contributed by atoms with Crippen LogP contribution in [0.3, 0.4) is 0 Å². The Morgan fingerprint density at radius 2 is 2.06 bits per heavy atom. The van der Waals surface area contributed by atoms with Gasteiger partial charge in [0.2, 0.25) is 5.91 Å². The summed E-state index contributed by atoms with van der Waals surface area (Å²) >= 11 is 0. The number of nitrogens with zero attached hydrogens (tertiary/aromatic N) is 3. The second-order valence-corrected chi connectivity index (χ2v) is 9.23. The molecule has 5 rings (SSSR count). The molecule has 0 saturated carbocycles. The van der Waals surface area contributed by atoms with Gasteiger partial charge in [0.25, 0.3) is 6.43 Å². The predicted octanol–water partition coefficient (Wildman–Crippen LogP) is 5.53. The Labute approximate surface area is 207 Å². The smallest absolute Gasteiger partial charge is 0.266 e. The number of halogens is 3. The van der Waals surface area contributed by atoms with Crippen molar-refractivity contribution in [1.29, 1.82) is 0 Å². The molecule has 2 aliphatic heterocycles. The highest BCUT2D eigenvalue weighted by molar-refractivity contribution is 5.93. The second kappa shape index (κ2) is 10.3. The average molecular weight is 497 g/mol. The summed E-state index contributed by atoms with van der Waals surface area (Å²) in [5.74, 6) is -0.795. The number of carbonyl (C=O) groups excluding carboxylic acids is 1. The Balaban J connectivity index is 1.37. The minimum Gasteiger partial charge on any atom is -0.381 e. The van der Waals surface area contributed by atoms with Crippen LogP contribution in [0.25, 0.3) is 16.5 Å². The molecule has 0 bridgehead atoms. The van der Waals surface area contributed by atoms with Gasteiger partial charge in [-0.05, 0) is 43.0 Å². The van der Waals surface area contributed by atoms with Gasteiger partial charge >= 0.3 is 0 Å². The number of anilines is 1. The second-order valence-electron chi connectivity index (χ2n) is 9.23. The molecule has 1 N–H and O–H groups in total. The van der Waals surface area contributed by atoms with Crippen molar-refractivity contribution in [2.24, 2.45) is 5.92 Å². The molecule has 1 amide bonds.